The number of nitriles is 3. The zero-order valence-corrected chi connectivity index (χ0v) is 30.3. The maximum absolute atomic E-state index is 11.0. The molecular formula is C51H28N6. The molecule has 8 aromatic carbocycles. The van der Waals surface area contributed by atoms with Gasteiger partial charge in [0, 0.05) is 49.1 Å². The van der Waals surface area contributed by atoms with Crippen molar-refractivity contribution in [2.75, 3.05) is 0 Å². The van der Waals surface area contributed by atoms with E-state index in [2.05, 4.69) is 123 Å². The number of hydrogen-bond acceptors (Lipinski definition) is 3. The molecule has 0 saturated heterocycles. The molecule has 0 N–H and O–H groups in total. The van der Waals surface area contributed by atoms with E-state index in [0.29, 0.717) is 22.4 Å². The molecule has 57 heavy (non-hydrogen) atoms. The Morgan fingerprint density at radius 2 is 0.807 bits per heavy atom. The second-order valence-corrected chi connectivity index (χ2v) is 14.2. The summed E-state index contributed by atoms with van der Waals surface area (Å²) in [5, 5.41) is 38.8. The standard InChI is InChI=1S/C51H28N6/c52-29-32-22-26-48(41(28-32)34-25-27-49(43(31-54)42(34)30-53)56-45-19-9-4-14-35(45)36-15-5-10-20-46(36)56)57-47-21-11-7-17-38(47)40-24-23-39-37-16-6-8-18-44(37)55(50(39)51(40)57)33-12-2-1-3-13-33/h1-28H. The van der Waals surface area contributed by atoms with Gasteiger partial charge in [0.2, 0.25) is 0 Å². The summed E-state index contributed by atoms with van der Waals surface area (Å²) >= 11 is 0. The lowest BCUT2D eigenvalue weighted by molar-refractivity contribution is 1.15. The molecule has 0 saturated carbocycles. The Bertz CT molecular complexity index is 3560. The van der Waals surface area contributed by atoms with E-state index in [1.807, 2.05) is 78.9 Å². The lowest BCUT2D eigenvalue weighted by Crippen LogP contribution is -2.04. The topological polar surface area (TPSA) is 86.2 Å². The minimum absolute atomic E-state index is 0.248. The number of aromatic nitrogens is 3. The highest BCUT2D eigenvalue weighted by molar-refractivity contribution is 6.24. The largest absolute Gasteiger partial charge is 0.308 e. The van der Waals surface area contributed by atoms with E-state index < -0.39 is 0 Å². The van der Waals surface area contributed by atoms with Crippen LogP contribution in [0.15, 0.2) is 170 Å². The number of rotatable bonds is 4. The highest BCUT2D eigenvalue weighted by Gasteiger charge is 2.25. The second kappa shape index (κ2) is 12.3. The third kappa shape index (κ3) is 4.49. The predicted molar refractivity (Wildman–Crippen MR) is 229 cm³/mol. The molecule has 6 heteroatoms. The van der Waals surface area contributed by atoms with Crippen molar-refractivity contribution in [1.82, 2.24) is 13.7 Å². The SMILES string of the molecule is N#Cc1ccc(-n2c3ccccc3c3ccc4c5ccccc5n(-c5ccccc5)c4c32)c(-c2ccc(-n3c4ccccc4c4ccccc43)c(C#N)c2C#N)c1. The normalized spacial score (nSPS) is 11.5. The molecule has 0 bridgehead atoms. The summed E-state index contributed by atoms with van der Waals surface area (Å²) in [5.74, 6) is 0. The number of fused-ring (bicyclic) bond motifs is 10. The Morgan fingerprint density at radius 1 is 0.333 bits per heavy atom. The van der Waals surface area contributed by atoms with E-state index >= 15 is 0 Å². The van der Waals surface area contributed by atoms with Crippen LogP contribution in [0.25, 0.3) is 93.6 Å². The van der Waals surface area contributed by atoms with E-state index in [1.165, 1.54) is 0 Å². The van der Waals surface area contributed by atoms with Gasteiger partial charge in [-0.25, -0.2) is 0 Å². The third-order valence-corrected chi connectivity index (χ3v) is 11.4. The first-order valence-electron chi connectivity index (χ1n) is 18.7. The Balaban J connectivity index is 1.27. The molecule has 0 radical (unpaired) electrons. The molecule has 11 aromatic rings. The van der Waals surface area contributed by atoms with E-state index in [9.17, 15) is 15.8 Å². The first-order valence-corrected chi connectivity index (χ1v) is 18.7. The lowest BCUT2D eigenvalue weighted by Gasteiger charge is -2.18. The smallest absolute Gasteiger partial charge is 0.103 e. The third-order valence-electron chi connectivity index (χ3n) is 11.4. The summed E-state index contributed by atoms with van der Waals surface area (Å²) in [6.07, 6.45) is 0. The molecule has 0 amide bonds. The van der Waals surface area contributed by atoms with Gasteiger partial charge in [-0.1, -0.05) is 109 Å². The van der Waals surface area contributed by atoms with Crippen LogP contribution in [0.4, 0.5) is 0 Å². The van der Waals surface area contributed by atoms with Crippen LogP contribution in [-0.2, 0) is 0 Å². The maximum Gasteiger partial charge on any atom is 0.103 e. The summed E-state index contributed by atoms with van der Waals surface area (Å²) in [7, 11) is 0. The van der Waals surface area contributed by atoms with Gasteiger partial charge in [0.1, 0.15) is 12.1 Å². The Kier molecular flexibility index (Phi) is 6.95. The summed E-state index contributed by atoms with van der Waals surface area (Å²) in [6, 6.07) is 64.7. The van der Waals surface area contributed by atoms with Crippen molar-refractivity contribution in [1.29, 1.82) is 15.8 Å². The van der Waals surface area contributed by atoms with Crippen LogP contribution in [-0.4, -0.2) is 13.7 Å². The van der Waals surface area contributed by atoms with Gasteiger partial charge in [-0.3, -0.25) is 0 Å². The van der Waals surface area contributed by atoms with Crippen molar-refractivity contribution in [3.05, 3.63) is 187 Å². The molecule has 262 valence electrons. The molecular weight excluding hydrogens is 697 g/mol. The van der Waals surface area contributed by atoms with Gasteiger partial charge < -0.3 is 13.7 Å². The quantitative estimate of drug-likeness (QED) is 0.181. The van der Waals surface area contributed by atoms with Crippen molar-refractivity contribution < 1.29 is 0 Å². The molecule has 0 fully saturated rings. The van der Waals surface area contributed by atoms with Gasteiger partial charge in [-0.15, -0.1) is 0 Å². The minimum Gasteiger partial charge on any atom is -0.308 e. The van der Waals surface area contributed by atoms with Crippen molar-refractivity contribution in [3.8, 4) is 46.4 Å². The van der Waals surface area contributed by atoms with E-state index in [0.717, 1.165) is 76.8 Å². The van der Waals surface area contributed by atoms with Crippen LogP contribution in [0.5, 0.6) is 0 Å². The van der Waals surface area contributed by atoms with Gasteiger partial charge in [-0.05, 0) is 60.7 Å². The maximum atomic E-state index is 11.0. The summed E-state index contributed by atoms with van der Waals surface area (Å²) in [5.41, 5.74) is 10.7. The van der Waals surface area contributed by atoms with Crippen molar-refractivity contribution in [3.63, 3.8) is 0 Å². The molecule has 3 aromatic heterocycles. The van der Waals surface area contributed by atoms with Gasteiger partial charge in [0.15, 0.2) is 0 Å². The molecule has 0 spiro atoms. The van der Waals surface area contributed by atoms with Gasteiger partial charge in [-0.2, -0.15) is 15.8 Å². The Hall–Kier alpha value is -8.37. The zero-order chi connectivity index (χ0) is 38.2. The fourth-order valence-electron chi connectivity index (χ4n) is 9.03. The van der Waals surface area contributed by atoms with Crippen LogP contribution in [0.1, 0.15) is 16.7 Å². The molecule has 0 aliphatic carbocycles. The molecule has 6 nitrogen and oxygen atoms in total. The van der Waals surface area contributed by atoms with Crippen LogP contribution < -0.4 is 0 Å². The average molecular weight is 725 g/mol. The fourth-order valence-corrected chi connectivity index (χ4v) is 9.03. The van der Waals surface area contributed by atoms with Crippen LogP contribution in [0.3, 0.4) is 0 Å². The van der Waals surface area contributed by atoms with Crippen LogP contribution in [0, 0.1) is 34.0 Å². The summed E-state index contributed by atoms with van der Waals surface area (Å²) in [6.45, 7) is 0. The fraction of sp³-hybridized carbons (Fsp3) is 0. The Labute approximate surface area is 326 Å². The van der Waals surface area contributed by atoms with Gasteiger partial charge >= 0.3 is 0 Å². The number of nitrogens with zero attached hydrogens (tertiary/aromatic N) is 6. The first kappa shape index (κ1) is 32.1. The molecule has 0 aliphatic heterocycles. The minimum atomic E-state index is 0.248. The van der Waals surface area contributed by atoms with E-state index in [1.54, 1.807) is 0 Å². The van der Waals surface area contributed by atoms with Crippen molar-refractivity contribution in [2.24, 2.45) is 0 Å². The molecule has 3 heterocycles. The first-order chi connectivity index (χ1) is 28.2. The number of benzene rings is 8. The van der Waals surface area contributed by atoms with Crippen LogP contribution >= 0.6 is 0 Å². The van der Waals surface area contributed by atoms with Crippen LogP contribution in [0.2, 0.25) is 0 Å². The number of hydrogen-bond donors (Lipinski definition) is 0. The highest BCUT2D eigenvalue weighted by Crippen LogP contribution is 2.44. The monoisotopic (exact) mass is 724 g/mol. The van der Waals surface area contributed by atoms with E-state index in [4.69, 9.17) is 0 Å². The Morgan fingerprint density at radius 3 is 1.37 bits per heavy atom. The molecule has 0 atom stereocenters. The predicted octanol–water partition coefficient (Wildman–Crippen LogP) is 12.3. The molecule has 0 aliphatic rings. The lowest BCUT2D eigenvalue weighted by atomic mass is 9.92. The molecule has 0 unspecified atom stereocenters. The van der Waals surface area contributed by atoms with Gasteiger partial charge in [0.25, 0.3) is 0 Å². The number of para-hydroxylation sites is 5. The van der Waals surface area contributed by atoms with Crippen molar-refractivity contribution >= 4 is 65.4 Å². The summed E-state index contributed by atoms with van der Waals surface area (Å²) in [4.78, 5) is 0. The summed E-state index contributed by atoms with van der Waals surface area (Å²) < 4.78 is 6.68. The van der Waals surface area contributed by atoms with Crippen molar-refractivity contribution in [2.45, 2.75) is 0 Å². The van der Waals surface area contributed by atoms with Gasteiger partial charge in [0.05, 0.1) is 67.2 Å². The second-order valence-electron chi connectivity index (χ2n) is 14.2. The average Bonchev–Trinajstić information content (AvgIpc) is 3.92. The van der Waals surface area contributed by atoms with E-state index in [-0.39, 0.29) is 11.1 Å². The molecule has 11 rings (SSSR count). The zero-order valence-electron chi connectivity index (χ0n) is 30.3. The highest BCUT2D eigenvalue weighted by atomic mass is 15.0.